The Hall–Kier alpha value is -4.11. The van der Waals surface area contributed by atoms with Crippen LogP contribution in [0.15, 0.2) is 146 Å². The molecule has 0 aromatic heterocycles. The highest BCUT2D eigenvalue weighted by atomic mass is 31.2. The molecular weight excluding hydrogens is 1020 g/mol. The summed E-state index contributed by atoms with van der Waals surface area (Å²) in [6.07, 6.45) is 85.7. The number of carbonyl (C=O) groups is 2. The van der Waals surface area contributed by atoms with E-state index in [0.29, 0.717) is 23.9 Å². The van der Waals surface area contributed by atoms with Crippen molar-refractivity contribution in [2.24, 2.45) is 0 Å². The lowest BCUT2D eigenvalue weighted by Gasteiger charge is -2.27. The van der Waals surface area contributed by atoms with Crippen molar-refractivity contribution in [2.45, 2.75) is 251 Å². The predicted octanol–water partition coefficient (Wildman–Crippen LogP) is 20.2. The fraction of sp³-hybridized carbons (Fsp3) is 0.634. The molecule has 0 radical (unpaired) electrons. The standard InChI is InChI=1S/C71H119N2O7P/c1-7-10-13-16-19-22-25-27-29-31-33-35-36-38-39-41-43-45-48-51-54-57-60-63-70(74)72-68(67-79-81(76,77)78-66-65-73(4,5)6)69(62-59-56-53-50-47-24-21-18-15-12-9-3)80-71(75)64-61-58-55-52-49-46-44-42-40-37-34-32-30-28-26-23-20-17-14-11-8-2/h10-11,13-14,19-20,22-23,27-30,33-35,37-39,42,44,49,52,59,62,68-69H,7-9,12,15-18,21,24-26,31-32,36,40-41,43,45-48,50-51,53-58,60-61,63-67H2,1-6H3,(H-,72,74,76,77)/p+1/b13-10-,14-11-,22-19-,23-20-,29-27-,30-28-,35-33-,37-34-,39-38-,44-42-,52-49-,62-59+. The first kappa shape index (κ1) is 76.9. The normalized spacial score (nSPS) is 14.6. The fourth-order valence-electron chi connectivity index (χ4n) is 8.38. The first-order chi connectivity index (χ1) is 39.4. The van der Waals surface area contributed by atoms with Crippen molar-refractivity contribution in [3.05, 3.63) is 146 Å². The summed E-state index contributed by atoms with van der Waals surface area (Å²) in [6.45, 7) is 6.72. The molecule has 3 unspecified atom stereocenters. The average Bonchev–Trinajstić information content (AvgIpc) is 3.43. The van der Waals surface area contributed by atoms with Gasteiger partial charge in [-0.25, -0.2) is 4.57 Å². The number of unbranched alkanes of at least 4 members (excludes halogenated alkanes) is 18. The largest absolute Gasteiger partial charge is 0.472 e. The van der Waals surface area contributed by atoms with Gasteiger partial charge < -0.3 is 19.4 Å². The number of hydrogen-bond acceptors (Lipinski definition) is 6. The monoisotopic (exact) mass is 1140 g/mol. The zero-order valence-corrected chi connectivity index (χ0v) is 53.4. The smallest absolute Gasteiger partial charge is 0.456 e. The van der Waals surface area contributed by atoms with Crippen LogP contribution in [0.3, 0.4) is 0 Å². The van der Waals surface area contributed by atoms with Crippen LogP contribution in [0.2, 0.25) is 0 Å². The van der Waals surface area contributed by atoms with Gasteiger partial charge in [0, 0.05) is 12.8 Å². The highest BCUT2D eigenvalue weighted by molar-refractivity contribution is 7.47. The lowest BCUT2D eigenvalue weighted by molar-refractivity contribution is -0.870. The minimum Gasteiger partial charge on any atom is -0.456 e. The molecule has 0 aromatic rings. The van der Waals surface area contributed by atoms with Crippen molar-refractivity contribution in [2.75, 3.05) is 40.9 Å². The van der Waals surface area contributed by atoms with E-state index in [4.69, 9.17) is 13.8 Å². The molecule has 0 aliphatic rings. The second kappa shape index (κ2) is 59.1. The van der Waals surface area contributed by atoms with Crippen molar-refractivity contribution in [3.8, 4) is 0 Å². The van der Waals surface area contributed by atoms with Gasteiger partial charge in [-0.05, 0) is 128 Å². The maximum absolute atomic E-state index is 13.6. The summed E-state index contributed by atoms with van der Waals surface area (Å²) in [6, 6.07) is -0.884. The molecule has 0 heterocycles. The number of ether oxygens (including phenoxy) is 1. The molecular formula is C71H120N2O7P+. The van der Waals surface area contributed by atoms with Crippen LogP contribution in [0.1, 0.15) is 239 Å². The molecule has 9 nitrogen and oxygen atoms in total. The number of phosphoric ester groups is 1. The summed E-state index contributed by atoms with van der Waals surface area (Å²) in [5.41, 5.74) is 0. The van der Waals surface area contributed by atoms with E-state index in [2.05, 4.69) is 160 Å². The van der Waals surface area contributed by atoms with Gasteiger partial charge in [0.05, 0.1) is 33.8 Å². The molecule has 2 N–H and O–H groups in total. The molecule has 0 aliphatic carbocycles. The lowest BCUT2D eigenvalue weighted by Crippen LogP contribution is -2.47. The minimum absolute atomic E-state index is 0.0221. The van der Waals surface area contributed by atoms with Crippen LogP contribution in [0.25, 0.3) is 0 Å². The quantitative estimate of drug-likeness (QED) is 0.0205. The number of carbonyl (C=O) groups excluding carboxylic acids is 2. The Morgan fingerprint density at radius 1 is 0.444 bits per heavy atom. The van der Waals surface area contributed by atoms with Crippen molar-refractivity contribution >= 4 is 19.7 Å². The number of hydrogen-bond donors (Lipinski definition) is 2. The summed E-state index contributed by atoms with van der Waals surface area (Å²) in [5.74, 6) is -0.580. The van der Waals surface area contributed by atoms with E-state index in [1.807, 2.05) is 33.3 Å². The number of nitrogens with zero attached hydrogens (tertiary/aromatic N) is 1. The van der Waals surface area contributed by atoms with E-state index in [-0.39, 0.29) is 31.5 Å². The van der Waals surface area contributed by atoms with Gasteiger partial charge in [0.2, 0.25) is 5.91 Å². The topological polar surface area (TPSA) is 111 Å². The maximum Gasteiger partial charge on any atom is 0.472 e. The Morgan fingerprint density at radius 3 is 1.20 bits per heavy atom. The number of phosphoric acid groups is 1. The highest BCUT2D eigenvalue weighted by Crippen LogP contribution is 2.43. The SMILES string of the molecule is CC/C=C\C/C=C\C/C=C\C/C=C\C/C=C\C/C=C\CCCCC(=O)OC(/C=C/CCCCCCCCCCC)C(COP(=O)(O)OCC[N+](C)(C)C)NC(=O)CCCCCCCCC/C=C\C/C=C\C/C=C\C/C=C\C/C=C\CC. The predicted molar refractivity (Wildman–Crippen MR) is 350 cm³/mol. The van der Waals surface area contributed by atoms with E-state index in [1.165, 1.54) is 64.2 Å². The molecule has 0 spiro atoms. The Labute approximate surface area is 498 Å². The molecule has 81 heavy (non-hydrogen) atoms. The maximum atomic E-state index is 13.6. The van der Waals surface area contributed by atoms with Crippen molar-refractivity contribution in [1.82, 2.24) is 5.32 Å². The van der Waals surface area contributed by atoms with Crippen molar-refractivity contribution in [3.63, 3.8) is 0 Å². The molecule has 10 heteroatoms. The third-order valence-corrected chi connectivity index (χ3v) is 14.3. The van der Waals surface area contributed by atoms with Crippen LogP contribution in [0, 0.1) is 0 Å². The summed E-state index contributed by atoms with van der Waals surface area (Å²) in [5, 5.41) is 3.04. The van der Waals surface area contributed by atoms with E-state index >= 15 is 0 Å². The van der Waals surface area contributed by atoms with Crippen LogP contribution in [-0.2, 0) is 27.9 Å². The molecule has 0 saturated heterocycles. The molecule has 0 aromatic carbocycles. The van der Waals surface area contributed by atoms with Gasteiger partial charge in [0.1, 0.15) is 19.3 Å². The van der Waals surface area contributed by atoms with Gasteiger partial charge >= 0.3 is 13.8 Å². The van der Waals surface area contributed by atoms with Gasteiger partial charge in [-0.2, -0.15) is 0 Å². The van der Waals surface area contributed by atoms with Gasteiger partial charge in [-0.3, -0.25) is 18.6 Å². The molecule has 0 fully saturated rings. The Kier molecular flexibility index (Phi) is 56.1. The Bertz CT molecular complexity index is 1890. The number of allylic oxidation sites excluding steroid dienone is 23. The Morgan fingerprint density at radius 2 is 0.790 bits per heavy atom. The second-order valence-electron chi connectivity index (χ2n) is 22.2. The first-order valence-electron chi connectivity index (χ1n) is 32.2. The third kappa shape index (κ3) is 60.3. The summed E-state index contributed by atoms with van der Waals surface area (Å²) in [7, 11) is 1.44. The number of nitrogens with one attached hydrogen (secondary N) is 1. The minimum atomic E-state index is -4.47. The second-order valence-corrected chi connectivity index (χ2v) is 23.6. The van der Waals surface area contributed by atoms with E-state index in [1.54, 1.807) is 0 Å². The van der Waals surface area contributed by atoms with Crippen LogP contribution in [0.4, 0.5) is 0 Å². The summed E-state index contributed by atoms with van der Waals surface area (Å²) >= 11 is 0. The van der Waals surface area contributed by atoms with E-state index in [9.17, 15) is 19.0 Å². The van der Waals surface area contributed by atoms with Crippen molar-refractivity contribution < 1.29 is 37.3 Å². The molecule has 0 bridgehead atoms. The molecule has 0 rings (SSSR count). The number of esters is 1. The van der Waals surface area contributed by atoms with Crippen LogP contribution in [-0.4, -0.2) is 74.3 Å². The molecule has 460 valence electrons. The van der Waals surface area contributed by atoms with Crippen LogP contribution < -0.4 is 5.32 Å². The number of quaternary nitrogens is 1. The molecule has 1 amide bonds. The van der Waals surface area contributed by atoms with Crippen molar-refractivity contribution in [1.29, 1.82) is 0 Å². The number of rotatable bonds is 56. The fourth-order valence-corrected chi connectivity index (χ4v) is 9.12. The average molecular weight is 1140 g/mol. The Balaban J connectivity index is 5.28. The molecule has 0 saturated carbocycles. The summed E-state index contributed by atoms with van der Waals surface area (Å²) < 4.78 is 30.7. The van der Waals surface area contributed by atoms with Gasteiger partial charge in [-0.1, -0.05) is 244 Å². The third-order valence-electron chi connectivity index (χ3n) is 13.3. The van der Waals surface area contributed by atoms with Gasteiger partial charge in [-0.15, -0.1) is 0 Å². The zero-order valence-electron chi connectivity index (χ0n) is 52.5. The van der Waals surface area contributed by atoms with E-state index in [0.717, 1.165) is 135 Å². The molecule has 3 atom stereocenters. The van der Waals surface area contributed by atoms with Gasteiger partial charge in [0.25, 0.3) is 0 Å². The van der Waals surface area contributed by atoms with Gasteiger partial charge in [0.15, 0.2) is 0 Å². The highest BCUT2D eigenvalue weighted by Gasteiger charge is 2.30. The summed E-state index contributed by atoms with van der Waals surface area (Å²) in [4.78, 5) is 37.8. The van der Waals surface area contributed by atoms with Crippen LogP contribution in [0.5, 0.6) is 0 Å². The zero-order chi connectivity index (χ0) is 59.3. The van der Waals surface area contributed by atoms with E-state index < -0.39 is 20.0 Å². The lowest BCUT2D eigenvalue weighted by atomic mass is 10.1. The number of likely N-dealkylation sites (N-methyl/N-ethyl adjacent to an activating group) is 1. The van der Waals surface area contributed by atoms with Crippen LogP contribution >= 0.6 is 7.82 Å². The number of amides is 1. The molecule has 0 aliphatic heterocycles. The first-order valence-corrected chi connectivity index (χ1v) is 33.7.